The molecule has 1 aromatic carbocycles. The largest absolute Gasteiger partial charge is 0.507 e. The average molecular weight is 317 g/mol. The summed E-state index contributed by atoms with van der Waals surface area (Å²) in [5, 5.41) is 13.8. The fraction of sp³-hybridized carbons (Fsp3) is 0.438. The predicted octanol–water partition coefficient (Wildman–Crippen LogP) is 0.609. The van der Waals surface area contributed by atoms with Gasteiger partial charge in [-0.1, -0.05) is 17.3 Å². The number of para-hydroxylation sites is 1. The number of aromatic hydroxyl groups is 1. The van der Waals surface area contributed by atoms with Crippen molar-refractivity contribution in [3.8, 4) is 5.75 Å². The second kappa shape index (κ2) is 6.28. The molecule has 0 aromatic heterocycles. The summed E-state index contributed by atoms with van der Waals surface area (Å²) in [5.41, 5.74) is 6.44. The molecule has 0 radical (unpaired) electrons. The second-order valence-corrected chi connectivity index (χ2v) is 5.86. The first-order valence-corrected chi connectivity index (χ1v) is 7.65. The van der Waals surface area contributed by atoms with Crippen LogP contribution in [0.5, 0.6) is 5.75 Å². The Hall–Kier alpha value is -2.57. The zero-order valence-electron chi connectivity index (χ0n) is 12.6. The first-order chi connectivity index (χ1) is 11.1. The van der Waals surface area contributed by atoms with Crippen LogP contribution in [0.2, 0.25) is 0 Å². The van der Waals surface area contributed by atoms with E-state index in [9.17, 15) is 14.7 Å². The number of carbonyl (C=O) groups excluding carboxylic acids is 2. The maximum absolute atomic E-state index is 12.5. The van der Waals surface area contributed by atoms with Crippen LogP contribution >= 0.6 is 0 Å². The normalized spacial score (nSPS) is 21.7. The van der Waals surface area contributed by atoms with Crippen molar-refractivity contribution in [3.05, 3.63) is 29.8 Å². The van der Waals surface area contributed by atoms with Gasteiger partial charge in [0.2, 0.25) is 12.0 Å². The second-order valence-electron chi connectivity index (χ2n) is 5.86. The van der Waals surface area contributed by atoms with Crippen molar-refractivity contribution >= 4 is 17.5 Å². The first-order valence-electron chi connectivity index (χ1n) is 7.65. The molecule has 2 aliphatic heterocycles. The van der Waals surface area contributed by atoms with Crippen LogP contribution in [-0.2, 0) is 14.4 Å². The number of phenols is 1. The minimum atomic E-state index is -0.672. The Morgan fingerprint density at radius 1 is 1.26 bits per heavy atom. The van der Waals surface area contributed by atoms with Gasteiger partial charge >= 0.3 is 0 Å². The van der Waals surface area contributed by atoms with E-state index in [-0.39, 0.29) is 23.5 Å². The fourth-order valence-corrected chi connectivity index (χ4v) is 2.97. The molecular weight excluding hydrogens is 298 g/mol. The number of likely N-dealkylation sites (tertiary alicyclic amines) is 1. The van der Waals surface area contributed by atoms with Gasteiger partial charge in [-0.05, 0) is 25.0 Å². The number of nitrogens with two attached hydrogens (primary N) is 1. The van der Waals surface area contributed by atoms with Crippen molar-refractivity contribution in [3.63, 3.8) is 0 Å². The molecule has 2 amide bonds. The molecule has 0 unspecified atom stereocenters. The summed E-state index contributed by atoms with van der Waals surface area (Å²) in [4.78, 5) is 30.6. The predicted molar refractivity (Wildman–Crippen MR) is 82.6 cm³/mol. The lowest BCUT2D eigenvalue weighted by atomic mass is 9.95. The molecule has 2 heterocycles. The van der Waals surface area contributed by atoms with Crippen LogP contribution < -0.4 is 5.73 Å². The molecule has 122 valence electrons. The minimum Gasteiger partial charge on any atom is -0.507 e. The van der Waals surface area contributed by atoms with Gasteiger partial charge in [0.25, 0.3) is 5.91 Å². The van der Waals surface area contributed by atoms with E-state index in [0.29, 0.717) is 43.6 Å². The zero-order chi connectivity index (χ0) is 16.4. The Bertz CT molecular complexity index is 650. The minimum absolute atomic E-state index is 0.116. The van der Waals surface area contributed by atoms with E-state index >= 15 is 0 Å². The molecule has 1 saturated heterocycles. The Balaban J connectivity index is 1.59. The number of rotatable bonds is 3. The third kappa shape index (κ3) is 3.13. The SMILES string of the molecule is NC(=O)C1CCN(C(=O)[C@@H]2CC(c3ccccc3O)=NO2)CC1. The number of phenolic OH excluding ortho intramolecular Hbond substituents is 1. The van der Waals surface area contributed by atoms with Gasteiger partial charge in [-0.15, -0.1) is 0 Å². The monoisotopic (exact) mass is 317 g/mol. The van der Waals surface area contributed by atoms with Crippen LogP contribution in [0, 0.1) is 5.92 Å². The highest BCUT2D eigenvalue weighted by Crippen LogP contribution is 2.25. The van der Waals surface area contributed by atoms with Crippen LogP contribution in [0.25, 0.3) is 0 Å². The highest BCUT2D eigenvalue weighted by molar-refractivity contribution is 6.05. The van der Waals surface area contributed by atoms with Crippen LogP contribution in [0.4, 0.5) is 0 Å². The highest BCUT2D eigenvalue weighted by atomic mass is 16.6. The maximum atomic E-state index is 12.5. The molecule has 0 bridgehead atoms. The van der Waals surface area contributed by atoms with Crippen molar-refractivity contribution in [2.45, 2.75) is 25.4 Å². The molecule has 1 atom stereocenters. The molecular formula is C16H19N3O4. The Morgan fingerprint density at radius 2 is 1.96 bits per heavy atom. The lowest BCUT2D eigenvalue weighted by Gasteiger charge is -2.31. The van der Waals surface area contributed by atoms with Gasteiger partial charge < -0.3 is 20.6 Å². The molecule has 0 spiro atoms. The molecule has 0 aliphatic carbocycles. The quantitative estimate of drug-likeness (QED) is 0.852. The van der Waals surface area contributed by atoms with E-state index in [1.54, 1.807) is 29.2 Å². The van der Waals surface area contributed by atoms with Gasteiger partial charge in [-0.3, -0.25) is 9.59 Å². The first kappa shape index (κ1) is 15.3. The maximum Gasteiger partial charge on any atom is 0.266 e. The summed E-state index contributed by atoms with van der Waals surface area (Å²) >= 11 is 0. The Morgan fingerprint density at radius 3 is 2.61 bits per heavy atom. The van der Waals surface area contributed by atoms with Gasteiger partial charge in [0.05, 0.1) is 5.71 Å². The summed E-state index contributed by atoms with van der Waals surface area (Å²) < 4.78 is 0. The summed E-state index contributed by atoms with van der Waals surface area (Å²) in [6.45, 7) is 0.996. The molecule has 7 nitrogen and oxygen atoms in total. The standard InChI is InChI=1S/C16H19N3O4/c17-15(21)10-5-7-19(8-6-10)16(22)14-9-12(18-23-14)11-3-1-2-4-13(11)20/h1-4,10,14,20H,5-9H2,(H2,17,21)/t14-/m0/s1. The van der Waals surface area contributed by atoms with Gasteiger partial charge in [0, 0.05) is 31.0 Å². The number of oxime groups is 1. The molecule has 1 fully saturated rings. The molecule has 3 rings (SSSR count). The smallest absolute Gasteiger partial charge is 0.266 e. The number of piperidine rings is 1. The number of nitrogens with zero attached hydrogens (tertiary/aromatic N) is 2. The Labute approximate surface area is 133 Å². The topological polar surface area (TPSA) is 105 Å². The van der Waals surface area contributed by atoms with Crippen molar-refractivity contribution < 1.29 is 19.5 Å². The molecule has 2 aliphatic rings. The lowest BCUT2D eigenvalue weighted by Crippen LogP contribution is -2.45. The lowest BCUT2D eigenvalue weighted by molar-refractivity contribution is -0.144. The summed E-state index contributed by atoms with van der Waals surface area (Å²) in [6.07, 6.45) is 0.823. The summed E-state index contributed by atoms with van der Waals surface area (Å²) in [6, 6.07) is 6.83. The van der Waals surface area contributed by atoms with Crippen LogP contribution in [0.3, 0.4) is 0 Å². The molecule has 7 heteroatoms. The third-order valence-electron chi connectivity index (χ3n) is 4.37. The van der Waals surface area contributed by atoms with Crippen LogP contribution in [0.1, 0.15) is 24.8 Å². The number of primary amides is 1. The highest BCUT2D eigenvalue weighted by Gasteiger charge is 2.35. The van der Waals surface area contributed by atoms with Crippen LogP contribution in [0.15, 0.2) is 29.4 Å². The van der Waals surface area contributed by atoms with Crippen molar-refractivity contribution in [1.29, 1.82) is 0 Å². The number of benzene rings is 1. The van der Waals surface area contributed by atoms with Crippen molar-refractivity contribution in [2.75, 3.05) is 13.1 Å². The Kier molecular flexibility index (Phi) is 4.18. The number of amides is 2. The number of carbonyl (C=O) groups is 2. The average Bonchev–Trinajstić information content (AvgIpc) is 3.04. The van der Waals surface area contributed by atoms with E-state index in [2.05, 4.69) is 5.16 Å². The van der Waals surface area contributed by atoms with Gasteiger partial charge in [-0.25, -0.2) is 0 Å². The third-order valence-corrected chi connectivity index (χ3v) is 4.37. The molecule has 3 N–H and O–H groups in total. The molecule has 1 aromatic rings. The van der Waals surface area contributed by atoms with Gasteiger partial charge in [0.15, 0.2) is 0 Å². The van der Waals surface area contributed by atoms with Gasteiger partial charge in [0.1, 0.15) is 5.75 Å². The van der Waals surface area contributed by atoms with E-state index in [1.165, 1.54) is 0 Å². The zero-order valence-corrected chi connectivity index (χ0v) is 12.6. The fourth-order valence-electron chi connectivity index (χ4n) is 2.97. The molecule has 23 heavy (non-hydrogen) atoms. The summed E-state index contributed by atoms with van der Waals surface area (Å²) in [5.74, 6) is -0.483. The van der Waals surface area contributed by atoms with Crippen molar-refractivity contribution in [1.82, 2.24) is 4.90 Å². The summed E-state index contributed by atoms with van der Waals surface area (Å²) in [7, 11) is 0. The van der Waals surface area contributed by atoms with E-state index in [4.69, 9.17) is 10.6 Å². The molecule has 0 saturated carbocycles. The number of hydrogen-bond donors (Lipinski definition) is 2. The number of hydrogen-bond acceptors (Lipinski definition) is 5. The van der Waals surface area contributed by atoms with E-state index in [0.717, 1.165) is 0 Å². The van der Waals surface area contributed by atoms with Crippen molar-refractivity contribution in [2.24, 2.45) is 16.8 Å². The van der Waals surface area contributed by atoms with Crippen LogP contribution in [-0.4, -0.2) is 46.7 Å². The van der Waals surface area contributed by atoms with E-state index in [1.807, 2.05) is 0 Å². The van der Waals surface area contributed by atoms with E-state index < -0.39 is 6.10 Å². The van der Waals surface area contributed by atoms with Gasteiger partial charge in [-0.2, -0.15) is 0 Å².